The van der Waals surface area contributed by atoms with E-state index in [2.05, 4.69) is 4.90 Å². The van der Waals surface area contributed by atoms with Gasteiger partial charge in [-0.2, -0.15) is 0 Å². The molecular formula is C13H18F2N2O. The van der Waals surface area contributed by atoms with Crippen molar-refractivity contribution < 1.29 is 13.5 Å². The second-order valence-corrected chi connectivity index (χ2v) is 4.75. The number of morpholine rings is 1. The number of hydrogen-bond donors (Lipinski definition) is 1. The molecule has 0 amide bonds. The first-order valence-electron chi connectivity index (χ1n) is 6.09. The number of nitrogens with zero attached hydrogens (tertiary/aromatic N) is 1. The molecule has 0 unspecified atom stereocenters. The molecule has 3 nitrogen and oxygen atoms in total. The number of halogens is 2. The lowest BCUT2D eigenvalue weighted by atomic mass is 10.1. The average molecular weight is 256 g/mol. The van der Waals surface area contributed by atoms with Crippen molar-refractivity contribution >= 4 is 0 Å². The molecule has 0 saturated carbocycles. The summed E-state index contributed by atoms with van der Waals surface area (Å²) in [6.45, 7) is 4.62. The molecule has 2 atom stereocenters. The van der Waals surface area contributed by atoms with E-state index in [1.54, 1.807) is 6.07 Å². The van der Waals surface area contributed by atoms with Crippen LogP contribution >= 0.6 is 0 Å². The van der Waals surface area contributed by atoms with Crippen molar-refractivity contribution in [3.05, 3.63) is 35.4 Å². The first-order chi connectivity index (χ1) is 8.56. The second-order valence-electron chi connectivity index (χ2n) is 4.75. The van der Waals surface area contributed by atoms with Gasteiger partial charge in [0, 0.05) is 25.7 Å². The molecule has 2 N–H and O–H groups in total. The molecule has 1 heterocycles. The normalized spacial score (nSPS) is 23.0. The maximum absolute atomic E-state index is 13.1. The Kier molecular flexibility index (Phi) is 4.27. The van der Waals surface area contributed by atoms with Crippen molar-refractivity contribution in [2.24, 2.45) is 5.73 Å². The van der Waals surface area contributed by atoms with E-state index >= 15 is 0 Å². The van der Waals surface area contributed by atoms with Crippen LogP contribution < -0.4 is 5.73 Å². The third-order valence-corrected chi connectivity index (χ3v) is 3.15. The van der Waals surface area contributed by atoms with Crippen LogP contribution in [0, 0.1) is 11.6 Å². The van der Waals surface area contributed by atoms with Gasteiger partial charge in [-0.25, -0.2) is 8.78 Å². The Hall–Kier alpha value is -1.04. The summed E-state index contributed by atoms with van der Waals surface area (Å²) in [5, 5.41) is 0. The highest BCUT2D eigenvalue weighted by molar-refractivity contribution is 5.17. The summed E-state index contributed by atoms with van der Waals surface area (Å²) in [7, 11) is 0. The Bertz CT molecular complexity index is 412. The molecule has 0 spiro atoms. The van der Waals surface area contributed by atoms with E-state index in [9.17, 15) is 8.78 Å². The van der Waals surface area contributed by atoms with E-state index in [1.807, 2.05) is 6.92 Å². The highest BCUT2D eigenvalue weighted by Crippen LogP contribution is 2.14. The van der Waals surface area contributed by atoms with Gasteiger partial charge >= 0.3 is 0 Å². The fraction of sp³-hybridized carbons (Fsp3) is 0.538. The van der Waals surface area contributed by atoms with Crippen LogP contribution in [-0.4, -0.2) is 36.7 Å². The first-order valence-corrected chi connectivity index (χ1v) is 6.09. The Morgan fingerprint density at radius 1 is 1.44 bits per heavy atom. The fourth-order valence-electron chi connectivity index (χ4n) is 2.09. The van der Waals surface area contributed by atoms with E-state index in [0.29, 0.717) is 13.2 Å². The van der Waals surface area contributed by atoms with Gasteiger partial charge in [-0.05, 0) is 24.6 Å². The Balaban J connectivity index is 1.98. The Morgan fingerprint density at radius 3 is 2.89 bits per heavy atom. The minimum absolute atomic E-state index is 0.00375. The van der Waals surface area contributed by atoms with E-state index < -0.39 is 11.6 Å². The predicted molar refractivity (Wildman–Crippen MR) is 65.0 cm³/mol. The maximum atomic E-state index is 13.1. The molecule has 1 aromatic carbocycles. The van der Waals surface area contributed by atoms with Crippen molar-refractivity contribution in [3.8, 4) is 0 Å². The molecule has 1 aliphatic heterocycles. The summed E-state index contributed by atoms with van der Waals surface area (Å²) >= 11 is 0. The van der Waals surface area contributed by atoms with Crippen LogP contribution in [0.25, 0.3) is 0 Å². The quantitative estimate of drug-likeness (QED) is 0.891. The Morgan fingerprint density at radius 2 is 2.22 bits per heavy atom. The first kappa shape index (κ1) is 13.4. The molecule has 1 aromatic rings. The van der Waals surface area contributed by atoms with Gasteiger partial charge in [0.05, 0.1) is 12.7 Å². The van der Waals surface area contributed by atoms with Crippen molar-refractivity contribution in [1.29, 1.82) is 0 Å². The van der Waals surface area contributed by atoms with Crippen LogP contribution in [-0.2, 0) is 11.3 Å². The summed E-state index contributed by atoms with van der Waals surface area (Å²) in [5.74, 6) is -1.61. The van der Waals surface area contributed by atoms with Crippen LogP contribution in [0.5, 0.6) is 0 Å². The summed E-state index contributed by atoms with van der Waals surface area (Å²) in [5.41, 5.74) is 6.57. The van der Waals surface area contributed by atoms with Crippen molar-refractivity contribution in [2.45, 2.75) is 25.6 Å². The van der Waals surface area contributed by atoms with Gasteiger partial charge in [-0.1, -0.05) is 6.07 Å². The van der Waals surface area contributed by atoms with Crippen LogP contribution in [0.3, 0.4) is 0 Å². The molecule has 0 aromatic heterocycles. The third-order valence-electron chi connectivity index (χ3n) is 3.15. The predicted octanol–water partition coefficient (Wildman–Crippen LogP) is 1.51. The van der Waals surface area contributed by atoms with Crippen molar-refractivity contribution in [2.75, 3.05) is 19.7 Å². The number of hydrogen-bond acceptors (Lipinski definition) is 3. The second kappa shape index (κ2) is 5.73. The minimum atomic E-state index is -0.811. The fourth-order valence-corrected chi connectivity index (χ4v) is 2.09. The zero-order valence-corrected chi connectivity index (χ0v) is 10.4. The monoisotopic (exact) mass is 256 g/mol. The van der Waals surface area contributed by atoms with Gasteiger partial charge in [0.25, 0.3) is 0 Å². The van der Waals surface area contributed by atoms with E-state index in [-0.39, 0.29) is 12.1 Å². The number of rotatable bonds is 3. The number of benzene rings is 1. The minimum Gasteiger partial charge on any atom is -0.374 e. The zero-order valence-electron chi connectivity index (χ0n) is 10.4. The van der Waals surface area contributed by atoms with Crippen molar-refractivity contribution in [1.82, 2.24) is 4.90 Å². The molecule has 2 rings (SSSR count). The van der Waals surface area contributed by atoms with Gasteiger partial charge in [0.2, 0.25) is 0 Å². The highest BCUT2D eigenvalue weighted by Gasteiger charge is 2.23. The Labute approximate surface area is 106 Å². The number of nitrogens with two attached hydrogens (primary N) is 1. The highest BCUT2D eigenvalue weighted by atomic mass is 19.2. The van der Waals surface area contributed by atoms with Crippen LogP contribution in [0.15, 0.2) is 18.2 Å². The molecule has 1 aliphatic rings. The van der Waals surface area contributed by atoms with Gasteiger partial charge in [-0.3, -0.25) is 4.90 Å². The summed E-state index contributed by atoms with van der Waals surface area (Å²) in [6.07, 6.45) is 0.00375. The SMILES string of the molecule is C[C@@H](N)[C@H]1CN(Cc2ccc(F)c(F)c2)CCO1. The molecule has 0 aliphatic carbocycles. The summed E-state index contributed by atoms with van der Waals surface area (Å²) in [6, 6.07) is 3.98. The van der Waals surface area contributed by atoms with Crippen LogP contribution in [0.1, 0.15) is 12.5 Å². The maximum Gasteiger partial charge on any atom is 0.159 e. The molecule has 1 saturated heterocycles. The molecule has 5 heteroatoms. The smallest absolute Gasteiger partial charge is 0.159 e. The molecule has 1 fully saturated rings. The lowest BCUT2D eigenvalue weighted by Crippen LogP contribution is -2.49. The third kappa shape index (κ3) is 3.25. The average Bonchev–Trinajstić information content (AvgIpc) is 2.34. The van der Waals surface area contributed by atoms with Gasteiger partial charge in [0.1, 0.15) is 0 Å². The topological polar surface area (TPSA) is 38.5 Å². The van der Waals surface area contributed by atoms with Crippen molar-refractivity contribution in [3.63, 3.8) is 0 Å². The molecule has 0 bridgehead atoms. The molecular weight excluding hydrogens is 238 g/mol. The summed E-state index contributed by atoms with van der Waals surface area (Å²) in [4.78, 5) is 2.14. The van der Waals surface area contributed by atoms with Crippen LogP contribution in [0.2, 0.25) is 0 Å². The lowest BCUT2D eigenvalue weighted by Gasteiger charge is -2.34. The van der Waals surface area contributed by atoms with E-state index in [1.165, 1.54) is 6.07 Å². The molecule has 100 valence electrons. The zero-order chi connectivity index (χ0) is 13.1. The molecule has 18 heavy (non-hydrogen) atoms. The van der Waals surface area contributed by atoms with E-state index in [4.69, 9.17) is 10.5 Å². The van der Waals surface area contributed by atoms with Crippen LogP contribution in [0.4, 0.5) is 8.78 Å². The van der Waals surface area contributed by atoms with Gasteiger partial charge in [0.15, 0.2) is 11.6 Å². The summed E-state index contributed by atoms with van der Waals surface area (Å²) < 4.78 is 31.5. The standard InChI is InChI=1S/C13H18F2N2O/c1-9(16)13-8-17(4-5-18-13)7-10-2-3-11(14)12(15)6-10/h2-3,6,9,13H,4-5,7-8,16H2,1H3/t9-,13-/m1/s1. The van der Waals surface area contributed by atoms with E-state index in [0.717, 1.165) is 24.7 Å². The van der Waals surface area contributed by atoms with Gasteiger partial charge in [-0.15, -0.1) is 0 Å². The number of ether oxygens (including phenoxy) is 1. The lowest BCUT2D eigenvalue weighted by molar-refractivity contribution is -0.0403. The molecule has 0 radical (unpaired) electrons. The largest absolute Gasteiger partial charge is 0.374 e. The van der Waals surface area contributed by atoms with Gasteiger partial charge < -0.3 is 10.5 Å².